The van der Waals surface area contributed by atoms with Gasteiger partial charge in [-0.1, -0.05) is 18.2 Å². The van der Waals surface area contributed by atoms with Gasteiger partial charge in [0.1, 0.15) is 0 Å². The van der Waals surface area contributed by atoms with E-state index in [0.717, 1.165) is 23.5 Å². The predicted molar refractivity (Wildman–Crippen MR) is 103 cm³/mol. The van der Waals surface area contributed by atoms with Crippen molar-refractivity contribution in [2.45, 2.75) is 12.3 Å². The van der Waals surface area contributed by atoms with Gasteiger partial charge in [-0.2, -0.15) is 10.2 Å². The Morgan fingerprint density at radius 1 is 1.26 bits per heavy atom. The number of benzene rings is 1. The number of hydrogen-bond acceptors (Lipinski definition) is 4. The fourth-order valence-electron chi connectivity index (χ4n) is 3.60. The van der Waals surface area contributed by atoms with Gasteiger partial charge in [0, 0.05) is 51.4 Å². The molecule has 1 amide bonds. The molecule has 0 saturated carbocycles. The minimum atomic E-state index is -0.0592. The molecule has 1 saturated heterocycles. The number of para-hydroxylation sites is 1. The van der Waals surface area contributed by atoms with Gasteiger partial charge >= 0.3 is 0 Å². The Bertz CT molecular complexity index is 900. The van der Waals surface area contributed by atoms with E-state index in [0.29, 0.717) is 19.5 Å². The molecule has 7 heteroatoms. The van der Waals surface area contributed by atoms with E-state index in [1.165, 1.54) is 0 Å². The summed E-state index contributed by atoms with van der Waals surface area (Å²) in [5.41, 5.74) is 3.11. The van der Waals surface area contributed by atoms with Gasteiger partial charge in [-0.15, -0.1) is 0 Å². The molecule has 0 aliphatic carbocycles. The molecule has 3 heterocycles. The molecule has 2 aromatic heterocycles. The number of carbonyl (C=O) groups is 1. The van der Waals surface area contributed by atoms with Crippen LogP contribution in [0.3, 0.4) is 0 Å². The van der Waals surface area contributed by atoms with Crippen molar-refractivity contribution in [3.63, 3.8) is 0 Å². The van der Waals surface area contributed by atoms with Crippen LogP contribution in [0.1, 0.15) is 17.2 Å². The zero-order chi connectivity index (χ0) is 18.6. The van der Waals surface area contributed by atoms with E-state index < -0.39 is 0 Å². The quantitative estimate of drug-likeness (QED) is 0.691. The summed E-state index contributed by atoms with van der Waals surface area (Å²) in [6, 6.07) is 12.0. The fourth-order valence-corrected chi connectivity index (χ4v) is 3.60. The summed E-state index contributed by atoms with van der Waals surface area (Å²) in [5.74, 6) is 0.211. The molecule has 2 N–H and O–H groups in total. The first kappa shape index (κ1) is 17.5. The first-order valence-electron chi connectivity index (χ1n) is 9.27. The molecule has 1 aliphatic heterocycles. The van der Waals surface area contributed by atoms with Crippen molar-refractivity contribution in [2.75, 3.05) is 19.6 Å². The topological polar surface area (TPSA) is 76.8 Å². The summed E-state index contributed by atoms with van der Waals surface area (Å²) in [5, 5.41) is 15.2. The lowest BCUT2D eigenvalue weighted by Crippen LogP contribution is -2.35. The second kappa shape index (κ2) is 7.75. The Morgan fingerprint density at radius 2 is 2.11 bits per heavy atom. The van der Waals surface area contributed by atoms with E-state index in [1.807, 2.05) is 66.7 Å². The first-order valence-corrected chi connectivity index (χ1v) is 9.27. The van der Waals surface area contributed by atoms with E-state index in [4.69, 9.17) is 0 Å². The fraction of sp³-hybridized carbons (Fsp3) is 0.350. The average Bonchev–Trinajstić information content (AvgIpc) is 3.42. The van der Waals surface area contributed by atoms with Crippen molar-refractivity contribution in [3.05, 3.63) is 66.2 Å². The maximum atomic E-state index is 12.6. The van der Waals surface area contributed by atoms with Crippen molar-refractivity contribution in [1.29, 1.82) is 0 Å². The van der Waals surface area contributed by atoms with Crippen LogP contribution in [0.2, 0.25) is 0 Å². The molecular formula is C20H24N6O. The lowest BCUT2D eigenvalue weighted by molar-refractivity contribution is -0.124. The number of amides is 1. The van der Waals surface area contributed by atoms with E-state index in [9.17, 15) is 4.79 Å². The van der Waals surface area contributed by atoms with Crippen LogP contribution in [0.15, 0.2) is 55.0 Å². The third-order valence-electron chi connectivity index (χ3n) is 5.05. The third-order valence-corrected chi connectivity index (χ3v) is 5.05. The van der Waals surface area contributed by atoms with Gasteiger partial charge in [0.25, 0.3) is 0 Å². The highest BCUT2D eigenvalue weighted by Crippen LogP contribution is 2.27. The molecular weight excluding hydrogens is 340 g/mol. The number of aryl methyl sites for hydroxylation is 1. The number of rotatable bonds is 6. The third kappa shape index (κ3) is 3.93. The average molecular weight is 364 g/mol. The lowest BCUT2D eigenvalue weighted by atomic mass is 9.90. The second-order valence-corrected chi connectivity index (χ2v) is 6.95. The molecule has 1 aromatic carbocycles. The standard InChI is InChI=1S/C20H24N6O/c1-25-14-15(11-23-25)18-12-21-13-19(18)20(27)22-9-7-16-8-10-26(24-16)17-5-3-2-4-6-17/h2-6,8,10-11,14,18-19,21H,7,9,12-13H2,1H3,(H,22,27)/t18-,19+/m1/s1. The Balaban J connectivity index is 1.31. The van der Waals surface area contributed by atoms with Crippen LogP contribution in [-0.4, -0.2) is 45.1 Å². The van der Waals surface area contributed by atoms with E-state index in [1.54, 1.807) is 4.68 Å². The molecule has 0 bridgehead atoms. The first-order chi connectivity index (χ1) is 13.2. The van der Waals surface area contributed by atoms with E-state index >= 15 is 0 Å². The number of hydrogen-bond donors (Lipinski definition) is 2. The largest absolute Gasteiger partial charge is 0.355 e. The van der Waals surface area contributed by atoms with Crippen LogP contribution in [0.5, 0.6) is 0 Å². The molecule has 2 atom stereocenters. The van der Waals surface area contributed by atoms with Crippen LogP contribution in [0, 0.1) is 5.92 Å². The monoisotopic (exact) mass is 364 g/mol. The molecule has 1 fully saturated rings. The molecule has 7 nitrogen and oxygen atoms in total. The van der Waals surface area contributed by atoms with Crippen LogP contribution in [-0.2, 0) is 18.3 Å². The van der Waals surface area contributed by atoms with Gasteiger partial charge in [-0.05, 0) is 23.8 Å². The highest BCUT2D eigenvalue weighted by Gasteiger charge is 2.34. The zero-order valence-corrected chi connectivity index (χ0v) is 15.4. The van der Waals surface area contributed by atoms with Crippen molar-refractivity contribution in [2.24, 2.45) is 13.0 Å². The van der Waals surface area contributed by atoms with Crippen molar-refractivity contribution < 1.29 is 4.79 Å². The zero-order valence-electron chi connectivity index (χ0n) is 15.4. The Hall–Kier alpha value is -2.93. The summed E-state index contributed by atoms with van der Waals surface area (Å²) in [7, 11) is 1.90. The second-order valence-electron chi connectivity index (χ2n) is 6.95. The van der Waals surface area contributed by atoms with Gasteiger partial charge in [0.15, 0.2) is 0 Å². The van der Waals surface area contributed by atoms with Crippen LogP contribution >= 0.6 is 0 Å². The normalized spacial score (nSPS) is 19.3. The van der Waals surface area contributed by atoms with Gasteiger partial charge in [0.05, 0.1) is 23.5 Å². The molecule has 140 valence electrons. The summed E-state index contributed by atoms with van der Waals surface area (Å²) in [6.45, 7) is 2.10. The van der Waals surface area contributed by atoms with Crippen LogP contribution in [0.25, 0.3) is 5.69 Å². The Morgan fingerprint density at radius 3 is 2.89 bits per heavy atom. The SMILES string of the molecule is Cn1cc([C@H]2CNC[C@@H]2C(=O)NCCc2ccn(-c3ccccc3)n2)cn1. The van der Waals surface area contributed by atoms with Crippen molar-refractivity contribution in [1.82, 2.24) is 30.2 Å². The van der Waals surface area contributed by atoms with Crippen LogP contribution in [0.4, 0.5) is 0 Å². The highest BCUT2D eigenvalue weighted by atomic mass is 16.1. The minimum absolute atomic E-state index is 0.0592. The number of nitrogens with one attached hydrogen (secondary N) is 2. The maximum Gasteiger partial charge on any atom is 0.225 e. The Kier molecular flexibility index (Phi) is 5.02. The molecule has 0 spiro atoms. The molecule has 1 aliphatic rings. The molecule has 0 radical (unpaired) electrons. The molecule has 27 heavy (non-hydrogen) atoms. The number of aromatic nitrogens is 4. The summed E-state index contributed by atoms with van der Waals surface area (Å²) in [4.78, 5) is 12.6. The summed E-state index contributed by atoms with van der Waals surface area (Å²) < 4.78 is 3.64. The smallest absolute Gasteiger partial charge is 0.225 e. The van der Waals surface area contributed by atoms with Gasteiger partial charge < -0.3 is 10.6 Å². The van der Waals surface area contributed by atoms with E-state index in [-0.39, 0.29) is 17.7 Å². The summed E-state index contributed by atoms with van der Waals surface area (Å²) >= 11 is 0. The molecule has 3 aromatic rings. The van der Waals surface area contributed by atoms with Gasteiger partial charge in [-0.3, -0.25) is 9.48 Å². The number of nitrogens with zero attached hydrogens (tertiary/aromatic N) is 4. The highest BCUT2D eigenvalue weighted by molar-refractivity contribution is 5.80. The molecule has 0 unspecified atom stereocenters. The Labute approximate surface area is 158 Å². The van der Waals surface area contributed by atoms with Crippen LogP contribution < -0.4 is 10.6 Å². The summed E-state index contributed by atoms with van der Waals surface area (Å²) in [6.07, 6.45) is 6.51. The predicted octanol–water partition coefficient (Wildman–Crippen LogP) is 1.27. The van der Waals surface area contributed by atoms with E-state index in [2.05, 4.69) is 20.8 Å². The number of carbonyl (C=O) groups excluding carboxylic acids is 1. The van der Waals surface area contributed by atoms with Crippen molar-refractivity contribution >= 4 is 5.91 Å². The lowest BCUT2D eigenvalue weighted by Gasteiger charge is -2.16. The van der Waals surface area contributed by atoms with Gasteiger partial charge in [0.2, 0.25) is 5.91 Å². The van der Waals surface area contributed by atoms with Gasteiger partial charge in [-0.25, -0.2) is 4.68 Å². The van der Waals surface area contributed by atoms with Crippen molar-refractivity contribution in [3.8, 4) is 5.69 Å². The maximum absolute atomic E-state index is 12.6. The minimum Gasteiger partial charge on any atom is -0.355 e. The molecule has 4 rings (SSSR count).